The van der Waals surface area contributed by atoms with Crippen LogP contribution in [0.3, 0.4) is 0 Å². The van der Waals surface area contributed by atoms with Gasteiger partial charge in [-0.25, -0.2) is 13.4 Å². The molecular formula is C15H15Cl2N3O4S. The van der Waals surface area contributed by atoms with Crippen LogP contribution in [0.4, 0.5) is 5.69 Å². The molecule has 7 nitrogen and oxygen atoms in total. The monoisotopic (exact) mass is 403 g/mol. The van der Waals surface area contributed by atoms with E-state index >= 15 is 0 Å². The molecule has 0 radical (unpaired) electrons. The highest BCUT2D eigenvalue weighted by molar-refractivity contribution is 7.91. The Morgan fingerprint density at radius 3 is 2.68 bits per heavy atom. The van der Waals surface area contributed by atoms with Gasteiger partial charge in [0.05, 0.1) is 28.3 Å². The minimum Gasteiger partial charge on any atom is -0.320 e. The van der Waals surface area contributed by atoms with Crippen molar-refractivity contribution in [2.45, 2.75) is 25.3 Å². The molecular weight excluding hydrogens is 389 g/mol. The van der Waals surface area contributed by atoms with Crippen LogP contribution < -0.4 is 5.32 Å². The Labute approximate surface area is 154 Å². The fourth-order valence-corrected chi connectivity index (χ4v) is 4.92. The first-order valence-electron chi connectivity index (χ1n) is 7.61. The van der Waals surface area contributed by atoms with Gasteiger partial charge in [-0.15, -0.1) is 0 Å². The van der Waals surface area contributed by atoms with Crippen molar-refractivity contribution < 1.29 is 18.0 Å². The molecule has 1 fully saturated rings. The molecule has 0 spiro atoms. The lowest BCUT2D eigenvalue weighted by Crippen LogP contribution is -2.42. The van der Waals surface area contributed by atoms with Crippen LogP contribution in [0.1, 0.15) is 19.3 Å². The lowest BCUT2D eigenvalue weighted by Gasteiger charge is -2.27. The lowest BCUT2D eigenvalue weighted by atomic mass is 10.1. The Hall–Kier alpha value is -1.64. The zero-order chi connectivity index (χ0) is 18.2. The SMILES string of the molecule is O=C(Nc1ccc(Cl)cc1Cl)C1=NN(C2CCS(=O)(=O)C2)C(=O)CC1. The number of benzene rings is 1. The molecule has 0 aromatic heterocycles. The molecule has 0 aliphatic carbocycles. The number of halogens is 2. The molecule has 1 aromatic rings. The van der Waals surface area contributed by atoms with Crippen LogP contribution in [0.15, 0.2) is 23.3 Å². The highest BCUT2D eigenvalue weighted by Gasteiger charge is 2.37. The van der Waals surface area contributed by atoms with E-state index in [-0.39, 0.29) is 41.0 Å². The van der Waals surface area contributed by atoms with Crippen molar-refractivity contribution in [2.75, 3.05) is 16.8 Å². The molecule has 2 heterocycles. The van der Waals surface area contributed by atoms with Crippen LogP contribution in [-0.4, -0.2) is 48.5 Å². The maximum absolute atomic E-state index is 12.4. The fourth-order valence-electron chi connectivity index (χ4n) is 2.77. The second-order valence-corrected chi connectivity index (χ2v) is 8.99. The minimum atomic E-state index is -3.16. The van der Waals surface area contributed by atoms with Crippen molar-refractivity contribution >= 4 is 56.3 Å². The second-order valence-electron chi connectivity index (χ2n) is 5.92. The third-order valence-electron chi connectivity index (χ3n) is 4.06. The average molecular weight is 404 g/mol. The van der Waals surface area contributed by atoms with E-state index in [9.17, 15) is 18.0 Å². The second kappa shape index (κ2) is 6.93. The van der Waals surface area contributed by atoms with E-state index in [4.69, 9.17) is 23.2 Å². The first-order valence-corrected chi connectivity index (χ1v) is 10.2. The van der Waals surface area contributed by atoms with Gasteiger partial charge in [-0.05, 0) is 24.6 Å². The summed E-state index contributed by atoms with van der Waals surface area (Å²) in [6.07, 6.45) is 0.623. The quantitative estimate of drug-likeness (QED) is 0.835. The number of hydrazone groups is 1. The molecule has 1 atom stereocenters. The predicted molar refractivity (Wildman–Crippen MR) is 95.7 cm³/mol. The Kier molecular flexibility index (Phi) is 5.04. The largest absolute Gasteiger partial charge is 0.320 e. The topological polar surface area (TPSA) is 95.9 Å². The van der Waals surface area contributed by atoms with Gasteiger partial charge in [-0.3, -0.25) is 9.59 Å². The molecule has 1 saturated heterocycles. The van der Waals surface area contributed by atoms with Gasteiger partial charge in [0.25, 0.3) is 5.91 Å². The number of carbonyl (C=O) groups is 2. The average Bonchev–Trinajstić information content (AvgIpc) is 2.90. The summed E-state index contributed by atoms with van der Waals surface area (Å²) in [6.45, 7) is 0. The molecule has 25 heavy (non-hydrogen) atoms. The van der Waals surface area contributed by atoms with Gasteiger partial charge >= 0.3 is 0 Å². The lowest BCUT2D eigenvalue weighted by molar-refractivity contribution is -0.133. The van der Waals surface area contributed by atoms with Crippen LogP contribution in [-0.2, 0) is 19.4 Å². The van der Waals surface area contributed by atoms with Gasteiger partial charge < -0.3 is 5.32 Å². The standard InChI is InChI=1S/C15H15Cl2N3O4S/c16-9-1-2-12(11(17)7-9)18-15(22)13-3-4-14(21)20(19-13)10-5-6-25(23,24)8-10/h1-2,7,10H,3-6,8H2,(H,18,22). The maximum atomic E-state index is 12.4. The van der Waals surface area contributed by atoms with E-state index in [1.54, 1.807) is 12.1 Å². The van der Waals surface area contributed by atoms with Crippen LogP contribution in [0.2, 0.25) is 10.0 Å². The predicted octanol–water partition coefficient (Wildman–Crippen LogP) is 2.10. The molecule has 2 amide bonds. The zero-order valence-electron chi connectivity index (χ0n) is 13.0. The third-order valence-corrected chi connectivity index (χ3v) is 6.35. The van der Waals surface area contributed by atoms with Crippen molar-refractivity contribution in [1.29, 1.82) is 0 Å². The first-order chi connectivity index (χ1) is 11.7. The summed E-state index contributed by atoms with van der Waals surface area (Å²) in [5, 5.41) is 8.61. The molecule has 3 rings (SSSR count). The smallest absolute Gasteiger partial charge is 0.271 e. The molecule has 1 aromatic carbocycles. The number of hydrogen-bond donors (Lipinski definition) is 1. The van der Waals surface area contributed by atoms with Crippen LogP contribution in [0.5, 0.6) is 0 Å². The highest BCUT2D eigenvalue weighted by atomic mass is 35.5. The van der Waals surface area contributed by atoms with Gasteiger partial charge in [-0.1, -0.05) is 23.2 Å². The molecule has 134 valence electrons. The van der Waals surface area contributed by atoms with Gasteiger partial charge in [0.1, 0.15) is 5.71 Å². The van der Waals surface area contributed by atoms with E-state index in [1.807, 2.05) is 0 Å². The summed E-state index contributed by atoms with van der Waals surface area (Å²) in [4.78, 5) is 24.5. The molecule has 2 aliphatic rings. The van der Waals surface area contributed by atoms with Crippen molar-refractivity contribution in [3.63, 3.8) is 0 Å². The van der Waals surface area contributed by atoms with Crippen LogP contribution >= 0.6 is 23.2 Å². The molecule has 2 aliphatic heterocycles. The minimum absolute atomic E-state index is 0.0267. The number of amides is 2. The van der Waals surface area contributed by atoms with Crippen molar-refractivity contribution in [2.24, 2.45) is 5.10 Å². The summed E-state index contributed by atoms with van der Waals surface area (Å²) in [7, 11) is -3.16. The Bertz CT molecular complexity index is 870. The van der Waals surface area contributed by atoms with E-state index in [2.05, 4.69) is 10.4 Å². The van der Waals surface area contributed by atoms with E-state index in [1.165, 1.54) is 6.07 Å². The summed E-state index contributed by atoms with van der Waals surface area (Å²) < 4.78 is 23.2. The van der Waals surface area contributed by atoms with Gasteiger partial charge in [-0.2, -0.15) is 5.10 Å². The van der Waals surface area contributed by atoms with E-state index < -0.39 is 21.8 Å². The fraction of sp³-hybridized carbons (Fsp3) is 0.400. The summed E-state index contributed by atoms with van der Waals surface area (Å²) in [5.74, 6) is -0.857. The van der Waals surface area contributed by atoms with Crippen LogP contribution in [0.25, 0.3) is 0 Å². The Morgan fingerprint density at radius 1 is 1.28 bits per heavy atom. The Balaban J connectivity index is 1.77. The van der Waals surface area contributed by atoms with Crippen LogP contribution in [0, 0.1) is 0 Å². The number of carbonyl (C=O) groups excluding carboxylic acids is 2. The number of anilines is 1. The van der Waals surface area contributed by atoms with Crippen molar-refractivity contribution in [1.82, 2.24) is 5.01 Å². The molecule has 10 heteroatoms. The number of rotatable bonds is 3. The van der Waals surface area contributed by atoms with Crippen molar-refractivity contribution in [3.05, 3.63) is 28.2 Å². The number of hydrogen-bond acceptors (Lipinski definition) is 5. The third kappa shape index (κ3) is 4.13. The number of nitrogens with one attached hydrogen (secondary N) is 1. The van der Waals surface area contributed by atoms with Gasteiger partial charge in [0, 0.05) is 17.9 Å². The maximum Gasteiger partial charge on any atom is 0.271 e. The normalized spacial score (nSPS) is 22.6. The summed E-state index contributed by atoms with van der Waals surface area (Å²) in [6, 6.07) is 4.14. The molecule has 0 saturated carbocycles. The van der Waals surface area contributed by atoms with E-state index in [0.29, 0.717) is 17.1 Å². The summed E-state index contributed by atoms with van der Waals surface area (Å²) >= 11 is 11.8. The van der Waals surface area contributed by atoms with Gasteiger partial charge in [0.2, 0.25) is 5.91 Å². The van der Waals surface area contributed by atoms with E-state index in [0.717, 1.165) is 5.01 Å². The summed E-state index contributed by atoms with van der Waals surface area (Å²) in [5.41, 5.74) is 0.542. The number of sulfone groups is 1. The molecule has 0 bridgehead atoms. The highest BCUT2D eigenvalue weighted by Crippen LogP contribution is 2.26. The number of nitrogens with zero attached hydrogens (tertiary/aromatic N) is 2. The zero-order valence-corrected chi connectivity index (χ0v) is 15.4. The van der Waals surface area contributed by atoms with Crippen molar-refractivity contribution in [3.8, 4) is 0 Å². The van der Waals surface area contributed by atoms with Gasteiger partial charge in [0.15, 0.2) is 9.84 Å². The molecule has 1 N–H and O–H groups in total. The Morgan fingerprint density at radius 2 is 2.04 bits per heavy atom. The molecule has 1 unspecified atom stereocenters. The first kappa shape index (κ1) is 18.2.